The second-order valence-corrected chi connectivity index (χ2v) is 9.42. The third kappa shape index (κ3) is 4.39. The van der Waals surface area contributed by atoms with Crippen LogP contribution in [0.4, 0.5) is 5.13 Å². The normalized spacial score (nSPS) is 11.5. The van der Waals surface area contributed by atoms with Crippen molar-refractivity contribution in [3.63, 3.8) is 0 Å². The summed E-state index contributed by atoms with van der Waals surface area (Å²) in [6.07, 6.45) is 1.11. The molecule has 1 N–H and O–H groups in total. The molecule has 0 atom stereocenters. The van der Waals surface area contributed by atoms with Gasteiger partial charge in [-0.15, -0.1) is 11.3 Å². The highest BCUT2D eigenvalue weighted by Gasteiger charge is 2.17. The number of benzene rings is 1. The SMILES string of the molecule is Cc1ccc(-c2nc(NC(=O)c3ccc(CS(C)(=O)=O)o3)sc2C)cc1. The zero-order chi connectivity index (χ0) is 18.9. The van der Waals surface area contributed by atoms with Crippen molar-refractivity contribution in [2.75, 3.05) is 11.6 Å². The minimum absolute atomic E-state index is 0.0494. The zero-order valence-corrected chi connectivity index (χ0v) is 16.2. The van der Waals surface area contributed by atoms with Gasteiger partial charge in [0.2, 0.25) is 0 Å². The maximum Gasteiger partial charge on any atom is 0.293 e. The minimum atomic E-state index is -3.22. The molecule has 0 radical (unpaired) electrons. The largest absolute Gasteiger partial charge is 0.455 e. The van der Waals surface area contributed by atoms with Crippen LogP contribution in [-0.2, 0) is 15.6 Å². The molecule has 0 spiro atoms. The topological polar surface area (TPSA) is 89.3 Å². The standard InChI is InChI=1S/C18H18N2O4S2/c1-11-4-6-13(7-5-11)16-12(2)25-18(19-16)20-17(21)15-9-8-14(24-15)10-26(3,22)23/h4-9H,10H2,1-3H3,(H,19,20,21). The van der Waals surface area contributed by atoms with Crippen molar-refractivity contribution in [2.24, 2.45) is 0 Å². The fraction of sp³-hybridized carbons (Fsp3) is 0.222. The summed E-state index contributed by atoms with van der Waals surface area (Å²) in [6, 6.07) is 11.0. The number of carbonyl (C=O) groups is 1. The van der Waals surface area contributed by atoms with Gasteiger partial charge in [-0.3, -0.25) is 10.1 Å². The van der Waals surface area contributed by atoms with Gasteiger partial charge in [0, 0.05) is 16.7 Å². The summed E-state index contributed by atoms with van der Waals surface area (Å²) in [6.45, 7) is 3.96. The predicted octanol–water partition coefficient (Wildman–Crippen LogP) is 3.82. The summed E-state index contributed by atoms with van der Waals surface area (Å²) in [5.41, 5.74) is 2.97. The maximum absolute atomic E-state index is 12.3. The first-order chi connectivity index (χ1) is 12.2. The van der Waals surface area contributed by atoms with Crippen molar-refractivity contribution in [3.8, 4) is 11.3 Å². The van der Waals surface area contributed by atoms with Gasteiger partial charge in [0.1, 0.15) is 11.5 Å². The Morgan fingerprint density at radius 1 is 1.15 bits per heavy atom. The fourth-order valence-electron chi connectivity index (χ4n) is 2.42. The molecule has 0 saturated heterocycles. The third-order valence-corrected chi connectivity index (χ3v) is 5.33. The van der Waals surface area contributed by atoms with Crippen LogP contribution in [0, 0.1) is 13.8 Å². The maximum atomic E-state index is 12.3. The monoisotopic (exact) mass is 390 g/mol. The molecule has 8 heteroatoms. The van der Waals surface area contributed by atoms with Crippen molar-refractivity contribution < 1.29 is 17.6 Å². The van der Waals surface area contributed by atoms with Gasteiger partial charge in [0.05, 0.1) is 5.69 Å². The van der Waals surface area contributed by atoms with E-state index in [1.807, 2.05) is 38.1 Å². The number of sulfone groups is 1. The first kappa shape index (κ1) is 18.3. The summed E-state index contributed by atoms with van der Waals surface area (Å²) in [4.78, 5) is 17.8. The van der Waals surface area contributed by atoms with Gasteiger partial charge in [-0.25, -0.2) is 13.4 Å². The second kappa shape index (κ2) is 7.05. The van der Waals surface area contributed by atoms with E-state index in [0.29, 0.717) is 5.13 Å². The Labute approximate surface area is 155 Å². The number of aromatic nitrogens is 1. The van der Waals surface area contributed by atoms with Crippen molar-refractivity contribution in [1.82, 2.24) is 4.98 Å². The highest BCUT2D eigenvalue weighted by Crippen LogP contribution is 2.30. The molecule has 0 aliphatic carbocycles. The molecular formula is C18H18N2O4S2. The van der Waals surface area contributed by atoms with E-state index in [-0.39, 0.29) is 17.3 Å². The number of furan rings is 1. The molecule has 3 rings (SSSR count). The molecule has 1 aromatic carbocycles. The Hall–Kier alpha value is -2.45. The molecule has 0 saturated carbocycles. The molecule has 0 aliphatic rings. The lowest BCUT2D eigenvalue weighted by Gasteiger charge is -2.00. The first-order valence-corrected chi connectivity index (χ1v) is 10.7. The van der Waals surface area contributed by atoms with Crippen molar-refractivity contribution in [2.45, 2.75) is 19.6 Å². The van der Waals surface area contributed by atoms with Crippen LogP contribution in [0.15, 0.2) is 40.8 Å². The molecule has 2 heterocycles. The number of aryl methyl sites for hydroxylation is 2. The molecular weight excluding hydrogens is 372 g/mol. The second-order valence-electron chi connectivity index (χ2n) is 6.08. The van der Waals surface area contributed by atoms with E-state index in [1.165, 1.54) is 23.5 Å². The van der Waals surface area contributed by atoms with Gasteiger partial charge in [-0.2, -0.15) is 0 Å². The van der Waals surface area contributed by atoms with Crippen LogP contribution in [0.25, 0.3) is 11.3 Å². The van der Waals surface area contributed by atoms with Crippen molar-refractivity contribution in [3.05, 3.63) is 58.4 Å². The van der Waals surface area contributed by atoms with E-state index in [2.05, 4.69) is 10.3 Å². The Morgan fingerprint density at radius 3 is 2.50 bits per heavy atom. The molecule has 6 nitrogen and oxygen atoms in total. The predicted molar refractivity (Wildman–Crippen MR) is 102 cm³/mol. The van der Waals surface area contributed by atoms with E-state index in [1.54, 1.807) is 0 Å². The van der Waals surface area contributed by atoms with Crippen LogP contribution < -0.4 is 5.32 Å². The number of anilines is 1. The number of thiazole rings is 1. The molecule has 2 aromatic heterocycles. The van der Waals surface area contributed by atoms with Crippen LogP contribution in [0.1, 0.15) is 26.8 Å². The molecule has 136 valence electrons. The average Bonchev–Trinajstić information content (AvgIpc) is 3.13. The molecule has 3 aromatic rings. The Morgan fingerprint density at radius 2 is 1.85 bits per heavy atom. The lowest BCUT2D eigenvalue weighted by Crippen LogP contribution is -2.10. The summed E-state index contributed by atoms with van der Waals surface area (Å²) < 4.78 is 27.9. The summed E-state index contributed by atoms with van der Waals surface area (Å²) in [5, 5.41) is 3.16. The van der Waals surface area contributed by atoms with Gasteiger partial charge < -0.3 is 4.42 Å². The quantitative estimate of drug-likeness (QED) is 0.715. The Kier molecular flexibility index (Phi) is 4.97. The summed E-state index contributed by atoms with van der Waals surface area (Å²) in [7, 11) is -3.22. The number of amides is 1. The van der Waals surface area contributed by atoms with Gasteiger partial charge in [-0.05, 0) is 26.0 Å². The van der Waals surface area contributed by atoms with Gasteiger partial charge in [0.15, 0.2) is 20.7 Å². The van der Waals surface area contributed by atoms with Gasteiger partial charge >= 0.3 is 0 Å². The molecule has 26 heavy (non-hydrogen) atoms. The third-order valence-electron chi connectivity index (χ3n) is 3.63. The number of hydrogen-bond donors (Lipinski definition) is 1. The molecule has 1 amide bonds. The van der Waals surface area contributed by atoms with Crippen LogP contribution in [0.5, 0.6) is 0 Å². The number of rotatable bonds is 5. The van der Waals surface area contributed by atoms with E-state index < -0.39 is 15.7 Å². The van der Waals surface area contributed by atoms with Crippen molar-refractivity contribution >= 4 is 32.2 Å². The number of nitrogens with one attached hydrogen (secondary N) is 1. The van der Waals surface area contributed by atoms with E-state index in [0.717, 1.165) is 28.0 Å². The average molecular weight is 390 g/mol. The number of hydrogen-bond acceptors (Lipinski definition) is 6. The smallest absolute Gasteiger partial charge is 0.293 e. The number of carbonyl (C=O) groups excluding carboxylic acids is 1. The van der Waals surface area contributed by atoms with Gasteiger partial charge in [-0.1, -0.05) is 29.8 Å². The van der Waals surface area contributed by atoms with Crippen LogP contribution in [-0.4, -0.2) is 25.6 Å². The van der Waals surface area contributed by atoms with E-state index in [9.17, 15) is 13.2 Å². The van der Waals surface area contributed by atoms with Crippen LogP contribution in [0.2, 0.25) is 0 Å². The van der Waals surface area contributed by atoms with Crippen molar-refractivity contribution in [1.29, 1.82) is 0 Å². The highest BCUT2D eigenvalue weighted by atomic mass is 32.2. The number of nitrogens with zero attached hydrogens (tertiary/aromatic N) is 1. The molecule has 0 bridgehead atoms. The summed E-state index contributed by atoms with van der Waals surface area (Å²) >= 11 is 1.37. The highest BCUT2D eigenvalue weighted by molar-refractivity contribution is 7.89. The molecule has 0 aliphatic heterocycles. The van der Waals surface area contributed by atoms with E-state index >= 15 is 0 Å². The lowest BCUT2D eigenvalue weighted by atomic mass is 10.1. The Bertz CT molecular complexity index is 1050. The van der Waals surface area contributed by atoms with Crippen LogP contribution in [0.3, 0.4) is 0 Å². The lowest BCUT2D eigenvalue weighted by molar-refractivity contribution is 0.0995. The molecule has 0 fully saturated rings. The summed E-state index contributed by atoms with van der Waals surface area (Å²) in [5.74, 6) is -0.426. The van der Waals surface area contributed by atoms with E-state index in [4.69, 9.17) is 4.42 Å². The fourth-order valence-corrected chi connectivity index (χ4v) is 3.93. The van der Waals surface area contributed by atoms with Crippen LogP contribution >= 0.6 is 11.3 Å². The van der Waals surface area contributed by atoms with Gasteiger partial charge in [0.25, 0.3) is 5.91 Å². The Balaban J connectivity index is 1.76. The minimum Gasteiger partial charge on any atom is -0.455 e. The molecule has 0 unspecified atom stereocenters. The first-order valence-electron chi connectivity index (χ1n) is 7.83. The zero-order valence-electron chi connectivity index (χ0n) is 14.6.